The molecular formula is C16H16N6O. The molecule has 3 rings (SSSR count). The molecule has 1 heterocycles. The summed E-state index contributed by atoms with van der Waals surface area (Å²) in [6, 6.07) is 13.0. The number of nitrogen functional groups attached to an aromatic ring is 1. The molecule has 3 N–H and O–H groups in total. The number of anilines is 2. The highest BCUT2D eigenvalue weighted by molar-refractivity contribution is 5.89. The van der Waals surface area contributed by atoms with E-state index in [1.807, 2.05) is 37.3 Å². The van der Waals surface area contributed by atoms with Crippen molar-refractivity contribution in [3.63, 3.8) is 0 Å². The summed E-state index contributed by atoms with van der Waals surface area (Å²) >= 11 is 0. The van der Waals surface area contributed by atoms with Gasteiger partial charge < -0.3 is 11.1 Å². The molecule has 0 saturated carbocycles. The maximum absolute atomic E-state index is 11.2. The first kappa shape index (κ1) is 14.7. The molecule has 23 heavy (non-hydrogen) atoms. The number of amides is 1. The molecule has 116 valence electrons. The van der Waals surface area contributed by atoms with Gasteiger partial charge in [-0.15, -0.1) is 5.10 Å². The third-order valence-electron chi connectivity index (χ3n) is 3.42. The Morgan fingerprint density at radius 3 is 2.78 bits per heavy atom. The van der Waals surface area contributed by atoms with Crippen molar-refractivity contribution >= 4 is 17.3 Å². The van der Waals surface area contributed by atoms with Gasteiger partial charge in [-0.3, -0.25) is 4.79 Å². The first-order valence-corrected chi connectivity index (χ1v) is 7.07. The number of benzene rings is 2. The highest BCUT2D eigenvalue weighted by Gasteiger charge is 2.12. The molecule has 0 radical (unpaired) electrons. The van der Waals surface area contributed by atoms with Crippen molar-refractivity contribution < 1.29 is 4.79 Å². The summed E-state index contributed by atoms with van der Waals surface area (Å²) in [6.07, 6.45) is 0. The van der Waals surface area contributed by atoms with E-state index in [9.17, 15) is 4.79 Å². The van der Waals surface area contributed by atoms with Crippen LogP contribution in [0.2, 0.25) is 0 Å². The van der Waals surface area contributed by atoms with E-state index in [-0.39, 0.29) is 5.91 Å². The lowest BCUT2D eigenvalue weighted by molar-refractivity contribution is -0.114. The van der Waals surface area contributed by atoms with Crippen molar-refractivity contribution in [2.24, 2.45) is 0 Å². The third-order valence-corrected chi connectivity index (χ3v) is 3.42. The van der Waals surface area contributed by atoms with Crippen LogP contribution >= 0.6 is 0 Å². The van der Waals surface area contributed by atoms with E-state index >= 15 is 0 Å². The van der Waals surface area contributed by atoms with Gasteiger partial charge in [-0.05, 0) is 47.2 Å². The minimum atomic E-state index is -0.134. The monoisotopic (exact) mass is 308 g/mol. The predicted molar refractivity (Wildman–Crippen MR) is 88.0 cm³/mol. The fourth-order valence-electron chi connectivity index (χ4n) is 2.24. The van der Waals surface area contributed by atoms with Gasteiger partial charge in [0.15, 0.2) is 5.82 Å². The zero-order valence-electron chi connectivity index (χ0n) is 12.8. The van der Waals surface area contributed by atoms with Crippen LogP contribution in [-0.2, 0) is 4.79 Å². The van der Waals surface area contributed by atoms with Crippen LogP contribution in [-0.4, -0.2) is 26.1 Å². The first-order valence-electron chi connectivity index (χ1n) is 7.07. The molecule has 0 fully saturated rings. The van der Waals surface area contributed by atoms with Crippen molar-refractivity contribution in [1.82, 2.24) is 20.2 Å². The van der Waals surface area contributed by atoms with Gasteiger partial charge in [0.05, 0.1) is 5.69 Å². The van der Waals surface area contributed by atoms with Crippen LogP contribution in [0.1, 0.15) is 12.5 Å². The number of nitrogens with zero attached hydrogens (tertiary/aromatic N) is 4. The SMILES string of the molecule is CC(=O)Nc1cccc(-n2nnnc2-c2ccc(C)c(N)c2)c1. The van der Waals surface area contributed by atoms with E-state index in [4.69, 9.17) is 5.73 Å². The lowest BCUT2D eigenvalue weighted by atomic mass is 10.1. The summed E-state index contributed by atoms with van der Waals surface area (Å²) in [4.78, 5) is 11.2. The number of aromatic nitrogens is 4. The number of tetrazole rings is 1. The van der Waals surface area contributed by atoms with Gasteiger partial charge in [0, 0.05) is 23.9 Å². The number of rotatable bonds is 3. The van der Waals surface area contributed by atoms with Crippen LogP contribution in [0.15, 0.2) is 42.5 Å². The number of nitrogens with two attached hydrogens (primary N) is 1. The zero-order valence-corrected chi connectivity index (χ0v) is 12.8. The molecule has 0 aliphatic rings. The van der Waals surface area contributed by atoms with Crippen molar-refractivity contribution in [3.8, 4) is 17.1 Å². The smallest absolute Gasteiger partial charge is 0.221 e. The van der Waals surface area contributed by atoms with E-state index in [0.29, 0.717) is 17.2 Å². The Hall–Kier alpha value is -3.22. The molecule has 0 aliphatic heterocycles. The van der Waals surface area contributed by atoms with Gasteiger partial charge in [0.2, 0.25) is 5.91 Å². The van der Waals surface area contributed by atoms with E-state index in [1.54, 1.807) is 16.8 Å². The number of hydrogen-bond acceptors (Lipinski definition) is 5. The van der Waals surface area contributed by atoms with Crippen molar-refractivity contribution in [1.29, 1.82) is 0 Å². The maximum atomic E-state index is 11.2. The van der Waals surface area contributed by atoms with Crippen molar-refractivity contribution in [2.75, 3.05) is 11.1 Å². The Kier molecular flexibility index (Phi) is 3.76. The van der Waals surface area contributed by atoms with Crippen LogP contribution in [0, 0.1) is 6.92 Å². The minimum Gasteiger partial charge on any atom is -0.398 e. The Morgan fingerprint density at radius 1 is 1.22 bits per heavy atom. The van der Waals surface area contributed by atoms with E-state index in [0.717, 1.165) is 16.8 Å². The molecule has 0 aliphatic carbocycles. The molecule has 0 spiro atoms. The van der Waals surface area contributed by atoms with Gasteiger partial charge in [0.25, 0.3) is 0 Å². The number of aryl methyl sites for hydroxylation is 1. The molecular weight excluding hydrogens is 292 g/mol. The van der Waals surface area contributed by atoms with Crippen LogP contribution in [0.3, 0.4) is 0 Å². The van der Waals surface area contributed by atoms with Crippen LogP contribution in [0.4, 0.5) is 11.4 Å². The second kappa shape index (κ2) is 5.88. The number of nitrogens with one attached hydrogen (secondary N) is 1. The van der Waals surface area contributed by atoms with E-state index in [1.165, 1.54) is 6.92 Å². The highest BCUT2D eigenvalue weighted by atomic mass is 16.1. The number of hydrogen-bond donors (Lipinski definition) is 2. The van der Waals surface area contributed by atoms with Crippen LogP contribution in [0.5, 0.6) is 0 Å². The molecule has 0 saturated heterocycles. The topological polar surface area (TPSA) is 98.7 Å². The second-order valence-corrected chi connectivity index (χ2v) is 5.22. The fraction of sp³-hybridized carbons (Fsp3) is 0.125. The summed E-state index contributed by atoms with van der Waals surface area (Å²) in [5.41, 5.74) is 9.90. The summed E-state index contributed by atoms with van der Waals surface area (Å²) in [7, 11) is 0. The standard InChI is InChI=1S/C16H16N6O/c1-10-6-7-12(8-15(10)17)16-19-20-21-22(16)14-5-3-4-13(9-14)18-11(2)23/h3-9H,17H2,1-2H3,(H,18,23). The lowest BCUT2D eigenvalue weighted by Crippen LogP contribution is -2.07. The molecule has 0 atom stereocenters. The average molecular weight is 308 g/mol. The average Bonchev–Trinajstić information content (AvgIpc) is 2.99. The molecule has 3 aromatic rings. The Labute approximate surface area is 133 Å². The Bertz CT molecular complexity index is 871. The summed E-state index contributed by atoms with van der Waals surface area (Å²) in [5, 5.41) is 14.6. The lowest BCUT2D eigenvalue weighted by Gasteiger charge is -2.08. The Morgan fingerprint density at radius 2 is 2.04 bits per heavy atom. The summed E-state index contributed by atoms with van der Waals surface area (Å²) in [5.74, 6) is 0.446. The largest absolute Gasteiger partial charge is 0.398 e. The first-order chi connectivity index (χ1) is 11.0. The minimum absolute atomic E-state index is 0.134. The summed E-state index contributed by atoms with van der Waals surface area (Å²) in [6.45, 7) is 3.41. The summed E-state index contributed by atoms with van der Waals surface area (Å²) < 4.78 is 1.61. The second-order valence-electron chi connectivity index (χ2n) is 5.22. The molecule has 7 nitrogen and oxygen atoms in total. The predicted octanol–water partition coefficient (Wildman–Crippen LogP) is 2.18. The number of carbonyl (C=O) groups excluding carboxylic acids is 1. The zero-order chi connectivity index (χ0) is 16.4. The number of carbonyl (C=O) groups is 1. The van der Waals surface area contributed by atoms with Crippen molar-refractivity contribution in [3.05, 3.63) is 48.0 Å². The quantitative estimate of drug-likeness (QED) is 0.723. The van der Waals surface area contributed by atoms with Crippen LogP contribution < -0.4 is 11.1 Å². The third kappa shape index (κ3) is 3.03. The molecule has 1 aromatic heterocycles. The Balaban J connectivity index is 2.04. The van der Waals surface area contributed by atoms with Gasteiger partial charge in [-0.25, -0.2) is 0 Å². The maximum Gasteiger partial charge on any atom is 0.221 e. The highest BCUT2D eigenvalue weighted by Crippen LogP contribution is 2.24. The molecule has 2 aromatic carbocycles. The molecule has 7 heteroatoms. The van der Waals surface area contributed by atoms with Crippen LogP contribution in [0.25, 0.3) is 17.1 Å². The van der Waals surface area contributed by atoms with E-state index < -0.39 is 0 Å². The van der Waals surface area contributed by atoms with Gasteiger partial charge in [-0.1, -0.05) is 18.2 Å². The van der Waals surface area contributed by atoms with Gasteiger partial charge >= 0.3 is 0 Å². The normalized spacial score (nSPS) is 10.5. The van der Waals surface area contributed by atoms with E-state index in [2.05, 4.69) is 20.8 Å². The van der Waals surface area contributed by atoms with Gasteiger partial charge in [0.1, 0.15) is 0 Å². The van der Waals surface area contributed by atoms with Crippen molar-refractivity contribution in [2.45, 2.75) is 13.8 Å². The molecule has 0 unspecified atom stereocenters. The fourth-order valence-corrected chi connectivity index (χ4v) is 2.24. The molecule has 0 bridgehead atoms. The van der Waals surface area contributed by atoms with Gasteiger partial charge in [-0.2, -0.15) is 4.68 Å². The molecule has 1 amide bonds.